The molecule has 5 heteroatoms. The summed E-state index contributed by atoms with van der Waals surface area (Å²) >= 11 is 1.64. The number of amides is 1. The van der Waals surface area contributed by atoms with Gasteiger partial charge in [-0.2, -0.15) is 11.3 Å². The van der Waals surface area contributed by atoms with Crippen molar-refractivity contribution in [1.82, 2.24) is 10.2 Å². The molecule has 1 aromatic heterocycles. The van der Waals surface area contributed by atoms with Crippen molar-refractivity contribution in [3.63, 3.8) is 0 Å². The van der Waals surface area contributed by atoms with Gasteiger partial charge >= 0.3 is 0 Å². The molecule has 0 aliphatic heterocycles. The summed E-state index contributed by atoms with van der Waals surface area (Å²) in [7, 11) is 3.97. The number of likely N-dealkylation sites (N-methyl/N-ethyl adjacent to an activating group) is 1. The largest absolute Gasteiger partial charge is 0.507 e. The first-order chi connectivity index (χ1) is 9.99. The van der Waals surface area contributed by atoms with E-state index in [-0.39, 0.29) is 17.7 Å². The molecule has 1 heterocycles. The van der Waals surface area contributed by atoms with Crippen molar-refractivity contribution >= 4 is 17.2 Å². The molecule has 0 spiro atoms. The Bertz CT molecular complexity index is 609. The highest BCUT2D eigenvalue weighted by Crippen LogP contribution is 2.21. The van der Waals surface area contributed by atoms with Crippen molar-refractivity contribution in [1.29, 1.82) is 0 Å². The average Bonchev–Trinajstić information content (AvgIpc) is 2.95. The quantitative estimate of drug-likeness (QED) is 0.893. The second-order valence-corrected chi connectivity index (χ2v) is 6.05. The molecule has 2 N–H and O–H groups in total. The number of phenols is 1. The minimum atomic E-state index is -0.252. The minimum absolute atomic E-state index is 0.00929. The fourth-order valence-corrected chi connectivity index (χ4v) is 2.89. The van der Waals surface area contributed by atoms with Gasteiger partial charge in [0, 0.05) is 6.54 Å². The minimum Gasteiger partial charge on any atom is -0.507 e. The van der Waals surface area contributed by atoms with Gasteiger partial charge in [-0.05, 0) is 55.5 Å². The van der Waals surface area contributed by atoms with Gasteiger partial charge in [0.15, 0.2) is 0 Å². The summed E-state index contributed by atoms with van der Waals surface area (Å²) in [6, 6.07) is 7.20. The molecule has 1 unspecified atom stereocenters. The Morgan fingerprint density at radius 2 is 2.14 bits per heavy atom. The third kappa shape index (κ3) is 3.83. The molecule has 1 amide bonds. The van der Waals surface area contributed by atoms with Crippen molar-refractivity contribution in [3.8, 4) is 5.75 Å². The van der Waals surface area contributed by atoms with Crippen LogP contribution in [0, 0.1) is 6.92 Å². The first kappa shape index (κ1) is 15.5. The number of aryl methyl sites for hydroxylation is 1. The van der Waals surface area contributed by atoms with E-state index in [2.05, 4.69) is 21.7 Å². The summed E-state index contributed by atoms with van der Waals surface area (Å²) in [5, 5.41) is 16.8. The third-order valence-electron chi connectivity index (χ3n) is 3.40. The van der Waals surface area contributed by atoms with Crippen LogP contribution in [-0.2, 0) is 0 Å². The van der Waals surface area contributed by atoms with Gasteiger partial charge in [0.05, 0.1) is 11.6 Å². The summed E-state index contributed by atoms with van der Waals surface area (Å²) in [5.74, 6) is -0.242. The Labute approximate surface area is 129 Å². The molecule has 0 aliphatic rings. The van der Waals surface area contributed by atoms with Crippen LogP contribution in [0.2, 0.25) is 0 Å². The Hall–Kier alpha value is -1.85. The van der Waals surface area contributed by atoms with Crippen LogP contribution in [0.25, 0.3) is 0 Å². The van der Waals surface area contributed by atoms with Crippen molar-refractivity contribution < 1.29 is 9.90 Å². The number of carbonyl (C=O) groups excluding carboxylic acids is 1. The number of carbonyl (C=O) groups is 1. The van der Waals surface area contributed by atoms with E-state index in [9.17, 15) is 9.90 Å². The highest BCUT2D eigenvalue weighted by molar-refractivity contribution is 7.07. The van der Waals surface area contributed by atoms with Gasteiger partial charge in [-0.1, -0.05) is 11.6 Å². The third-order valence-corrected chi connectivity index (χ3v) is 4.11. The molecule has 0 bridgehead atoms. The Morgan fingerprint density at radius 1 is 1.38 bits per heavy atom. The number of nitrogens with one attached hydrogen (secondary N) is 1. The first-order valence-corrected chi connectivity index (χ1v) is 7.69. The number of benzene rings is 1. The smallest absolute Gasteiger partial charge is 0.255 e. The zero-order valence-corrected chi connectivity index (χ0v) is 13.3. The maximum Gasteiger partial charge on any atom is 0.255 e. The summed E-state index contributed by atoms with van der Waals surface area (Å²) in [6.45, 7) is 2.39. The van der Waals surface area contributed by atoms with Crippen molar-refractivity contribution in [3.05, 3.63) is 51.7 Å². The van der Waals surface area contributed by atoms with Crippen LogP contribution in [0.15, 0.2) is 35.0 Å². The van der Waals surface area contributed by atoms with Crippen LogP contribution in [0.1, 0.15) is 27.5 Å². The zero-order chi connectivity index (χ0) is 15.4. The topological polar surface area (TPSA) is 52.6 Å². The number of nitrogens with zero attached hydrogens (tertiary/aromatic N) is 1. The lowest BCUT2D eigenvalue weighted by Crippen LogP contribution is -2.34. The normalized spacial score (nSPS) is 12.4. The van der Waals surface area contributed by atoms with Crippen molar-refractivity contribution in [2.75, 3.05) is 20.6 Å². The molecule has 21 heavy (non-hydrogen) atoms. The van der Waals surface area contributed by atoms with E-state index in [1.54, 1.807) is 29.5 Å². The second-order valence-electron chi connectivity index (χ2n) is 5.27. The highest BCUT2D eigenvalue weighted by Gasteiger charge is 2.17. The SMILES string of the molecule is Cc1ccc(O)c(C(=O)NCC(c2ccsc2)N(C)C)c1. The Morgan fingerprint density at radius 3 is 2.76 bits per heavy atom. The molecule has 0 saturated carbocycles. The number of rotatable bonds is 5. The maximum absolute atomic E-state index is 12.2. The van der Waals surface area contributed by atoms with Crippen LogP contribution >= 0.6 is 11.3 Å². The van der Waals surface area contributed by atoms with E-state index in [0.29, 0.717) is 12.1 Å². The summed E-state index contributed by atoms with van der Waals surface area (Å²) in [5.41, 5.74) is 2.44. The highest BCUT2D eigenvalue weighted by atomic mass is 32.1. The number of phenolic OH excluding ortho intramolecular Hbond substituents is 1. The van der Waals surface area contributed by atoms with Crippen LogP contribution in [-0.4, -0.2) is 36.6 Å². The lowest BCUT2D eigenvalue weighted by Gasteiger charge is -2.24. The number of thiophene rings is 1. The lowest BCUT2D eigenvalue weighted by molar-refractivity contribution is 0.0939. The van der Waals surface area contributed by atoms with E-state index in [1.807, 2.05) is 26.4 Å². The van der Waals surface area contributed by atoms with E-state index < -0.39 is 0 Å². The molecule has 112 valence electrons. The van der Waals surface area contributed by atoms with Gasteiger partial charge in [0.1, 0.15) is 5.75 Å². The molecule has 2 rings (SSSR count). The number of hydrogen-bond acceptors (Lipinski definition) is 4. The monoisotopic (exact) mass is 304 g/mol. The van der Waals surface area contributed by atoms with E-state index in [0.717, 1.165) is 5.56 Å². The average molecular weight is 304 g/mol. The van der Waals surface area contributed by atoms with Gasteiger partial charge in [-0.3, -0.25) is 4.79 Å². The van der Waals surface area contributed by atoms with Crippen molar-refractivity contribution in [2.24, 2.45) is 0 Å². The Balaban J connectivity index is 2.07. The molecule has 1 aromatic carbocycles. The standard InChI is InChI=1S/C16H20N2O2S/c1-11-4-5-15(19)13(8-11)16(20)17-9-14(18(2)3)12-6-7-21-10-12/h4-8,10,14,19H,9H2,1-3H3,(H,17,20). The molecular formula is C16H20N2O2S. The number of aromatic hydroxyl groups is 1. The van der Waals surface area contributed by atoms with Crippen molar-refractivity contribution in [2.45, 2.75) is 13.0 Å². The molecule has 4 nitrogen and oxygen atoms in total. The lowest BCUT2D eigenvalue weighted by atomic mass is 10.1. The van der Waals surface area contributed by atoms with Gasteiger partial charge in [-0.25, -0.2) is 0 Å². The molecule has 0 fully saturated rings. The maximum atomic E-state index is 12.2. The predicted octanol–water partition coefficient (Wildman–Crippen LogP) is 2.79. The fraction of sp³-hybridized carbons (Fsp3) is 0.312. The summed E-state index contributed by atoms with van der Waals surface area (Å²) < 4.78 is 0. The molecule has 1 atom stereocenters. The second kappa shape index (κ2) is 6.74. The van der Waals surface area contributed by atoms with Gasteiger partial charge in [0.2, 0.25) is 0 Å². The Kier molecular flexibility index (Phi) is 4.98. The van der Waals surface area contributed by atoms with Crippen LogP contribution in [0.5, 0.6) is 5.75 Å². The van der Waals surface area contributed by atoms with E-state index >= 15 is 0 Å². The van der Waals surface area contributed by atoms with Crippen LogP contribution in [0.4, 0.5) is 0 Å². The van der Waals surface area contributed by atoms with Gasteiger partial charge < -0.3 is 15.3 Å². The van der Waals surface area contributed by atoms with E-state index in [4.69, 9.17) is 0 Å². The fourth-order valence-electron chi connectivity index (χ4n) is 2.18. The van der Waals surface area contributed by atoms with Crippen LogP contribution < -0.4 is 5.32 Å². The summed E-state index contributed by atoms with van der Waals surface area (Å²) in [4.78, 5) is 14.3. The first-order valence-electron chi connectivity index (χ1n) is 6.75. The molecule has 2 aromatic rings. The molecule has 0 radical (unpaired) electrons. The molecular weight excluding hydrogens is 284 g/mol. The zero-order valence-electron chi connectivity index (χ0n) is 12.5. The summed E-state index contributed by atoms with van der Waals surface area (Å²) in [6.07, 6.45) is 0. The molecule has 0 aliphatic carbocycles. The van der Waals surface area contributed by atoms with Crippen LogP contribution in [0.3, 0.4) is 0 Å². The van der Waals surface area contributed by atoms with E-state index in [1.165, 1.54) is 5.56 Å². The molecule has 0 saturated heterocycles. The van der Waals surface area contributed by atoms with Gasteiger partial charge in [-0.15, -0.1) is 0 Å². The number of hydrogen-bond donors (Lipinski definition) is 2. The van der Waals surface area contributed by atoms with Gasteiger partial charge in [0.25, 0.3) is 5.91 Å². The predicted molar refractivity (Wildman–Crippen MR) is 85.9 cm³/mol.